The van der Waals surface area contributed by atoms with Crippen LogP contribution in [0.2, 0.25) is 0 Å². The fraction of sp³-hybridized carbons (Fsp3) is 0.267. The summed E-state index contributed by atoms with van der Waals surface area (Å²) < 4.78 is 8.07. The lowest BCUT2D eigenvalue weighted by Gasteiger charge is -2.33. The quantitative estimate of drug-likeness (QED) is 0.274. The number of rotatable bonds is 6. The lowest BCUT2D eigenvalue weighted by molar-refractivity contribution is -0.128. The summed E-state index contributed by atoms with van der Waals surface area (Å²) in [5.41, 5.74) is 9.26. The van der Waals surface area contributed by atoms with E-state index in [2.05, 4.69) is 26.8 Å². The number of piperidine rings is 1. The Hall–Kier alpha value is -4.64. The summed E-state index contributed by atoms with van der Waals surface area (Å²) >= 11 is 0. The van der Waals surface area contributed by atoms with E-state index in [1.807, 2.05) is 60.7 Å². The van der Waals surface area contributed by atoms with Crippen LogP contribution in [0.1, 0.15) is 31.7 Å². The van der Waals surface area contributed by atoms with Crippen LogP contribution in [0.4, 0.5) is 5.82 Å². The Morgan fingerprint density at radius 1 is 1.05 bits per heavy atom. The van der Waals surface area contributed by atoms with Gasteiger partial charge in [-0.05, 0) is 61.4 Å². The number of nitrogens with two attached hydrogens (primary N) is 1. The van der Waals surface area contributed by atoms with Gasteiger partial charge in [0.15, 0.2) is 0 Å². The Balaban J connectivity index is 1.30. The van der Waals surface area contributed by atoms with Crippen molar-refractivity contribution in [2.75, 3.05) is 18.8 Å². The van der Waals surface area contributed by atoms with Crippen LogP contribution in [0.25, 0.3) is 22.2 Å². The van der Waals surface area contributed by atoms with Gasteiger partial charge < -0.3 is 19.9 Å². The average molecular weight is 505 g/mol. The standard InChI is InChI=1S/C30H28N6O2/c31-16-22(15-20-8-9-20)30(37)35-14-4-5-23(17-35)36-18-26(27-28(32)33-19-34-29(27)36)21-10-12-25(13-11-21)38-24-6-2-1-3-7-24/h1-3,6-7,10-13,15,18-20,23H,4-5,8-9,14,17H2,(H2,32,33,34)/b22-15-. The van der Waals surface area contributed by atoms with Gasteiger partial charge in [-0.3, -0.25) is 4.79 Å². The second-order valence-corrected chi connectivity index (χ2v) is 9.92. The number of para-hydroxylation sites is 1. The highest BCUT2D eigenvalue weighted by atomic mass is 16.5. The molecule has 8 heteroatoms. The van der Waals surface area contributed by atoms with Crippen molar-refractivity contribution in [3.8, 4) is 28.7 Å². The Morgan fingerprint density at radius 3 is 2.55 bits per heavy atom. The molecule has 1 aliphatic heterocycles. The largest absolute Gasteiger partial charge is 0.457 e. The van der Waals surface area contributed by atoms with E-state index in [4.69, 9.17) is 10.5 Å². The number of nitrogen functional groups attached to an aromatic ring is 1. The normalized spacial score (nSPS) is 17.8. The molecule has 2 N–H and O–H groups in total. The predicted octanol–water partition coefficient (Wildman–Crippen LogP) is 5.50. The summed E-state index contributed by atoms with van der Waals surface area (Å²) in [5.74, 6) is 2.12. The molecule has 1 atom stereocenters. The first-order chi connectivity index (χ1) is 18.6. The Bertz CT molecular complexity index is 1550. The van der Waals surface area contributed by atoms with Gasteiger partial charge in [-0.1, -0.05) is 36.4 Å². The van der Waals surface area contributed by atoms with Crippen LogP contribution in [0.15, 0.2) is 78.8 Å². The third kappa shape index (κ3) is 4.71. The maximum atomic E-state index is 13.1. The first kappa shape index (κ1) is 23.7. The molecule has 1 saturated carbocycles. The number of allylic oxidation sites excluding steroid dienone is 1. The lowest BCUT2D eigenvalue weighted by Crippen LogP contribution is -2.41. The molecule has 3 heterocycles. The second kappa shape index (κ2) is 10.0. The van der Waals surface area contributed by atoms with Crippen molar-refractivity contribution in [2.24, 2.45) is 5.92 Å². The van der Waals surface area contributed by atoms with Crippen molar-refractivity contribution in [2.45, 2.75) is 31.7 Å². The molecule has 38 heavy (non-hydrogen) atoms. The van der Waals surface area contributed by atoms with Crippen molar-refractivity contribution in [1.29, 1.82) is 5.26 Å². The number of carbonyl (C=O) groups is 1. The molecule has 2 aliphatic rings. The van der Waals surface area contributed by atoms with Crippen molar-refractivity contribution >= 4 is 22.8 Å². The molecule has 1 amide bonds. The number of nitrogens with zero attached hydrogens (tertiary/aromatic N) is 5. The molecule has 8 nitrogen and oxygen atoms in total. The minimum Gasteiger partial charge on any atom is -0.457 e. The number of hydrogen-bond donors (Lipinski definition) is 1. The number of likely N-dealkylation sites (tertiary alicyclic amines) is 1. The molecule has 1 unspecified atom stereocenters. The van der Waals surface area contributed by atoms with Gasteiger partial charge in [0, 0.05) is 24.8 Å². The van der Waals surface area contributed by atoms with Crippen molar-refractivity contribution < 1.29 is 9.53 Å². The van der Waals surface area contributed by atoms with E-state index in [1.54, 1.807) is 4.90 Å². The SMILES string of the molecule is N#C/C(=C/C1CC1)C(=O)N1CCCC(n2cc(-c3ccc(Oc4ccccc4)cc3)c3c(N)ncnc32)C1. The first-order valence-corrected chi connectivity index (χ1v) is 13.0. The first-order valence-electron chi connectivity index (χ1n) is 13.0. The zero-order chi connectivity index (χ0) is 26.1. The third-order valence-electron chi connectivity index (χ3n) is 7.24. The van der Waals surface area contributed by atoms with Gasteiger partial charge in [-0.25, -0.2) is 9.97 Å². The molecular formula is C30H28N6O2. The number of carbonyl (C=O) groups excluding carboxylic acids is 1. The van der Waals surface area contributed by atoms with Crippen LogP contribution < -0.4 is 10.5 Å². The molecule has 0 spiro atoms. The number of nitriles is 1. The molecule has 2 aromatic heterocycles. The number of fused-ring (bicyclic) bond motifs is 1. The molecule has 1 aliphatic carbocycles. The van der Waals surface area contributed by atoms with E-state index in [9.17, 15) is 10.1 Å². The highest BCUT2D eigenvalue weighted by molar-refractivity contribution is 6.01. The highest BCUT2D eigenvalue weighted by Crippen LogP contribution is 2.37. The molecule has 1 saturated heterocycles. The minimum atomic E-state index is -0.177. The Labute approximate surface area is 221 Å². The summed E-state index contributed by atoms with van der Waals surface area (Å²) in [7, 11) is 0. The summed E-state index contributed by atoms with van der Waals surface area (Å²) in [4.78, 5) is 23.8. The van der Waals surface area contributed by atoms with Crippen LogP contribution in [-0.2, 0) is 4.79 Å². The molecule has 0 radical (unpaired) electrons. The van der Waals surface area contributed by atoms with Crippen molar-refractivity contribution in [3.05, 3.63) is 78.8 Å². The van der Waals surface area contributed by atoms with E-state index in [0.29, 0.717) is 24.8 Å². The van der Waals surface area contributed by atoms with Crippen LogP contribution in [0.5, 0.6) is 11.5 Å². The van der Waals surface area contributed by atoms with Gasteiger partial charge in [0.1, 0.15) is 40.9 Å². The summed E-state index contributed by atoms with van der Waals surface area (Å²) in [6.07, 6.45) is 9.24. The molecule has 2 fully saturated rings. The van der Waals surface area contributed by atoms with E-state index >= 15 is 0 Å². The number of ether oxygens (including phenoxy) is 1. The van der Waals surface area contributed by atoms with Crippen LogP contribution >= 0.6 is 0 Å². The summed E-state index contributed by atoms with van der Waals surface area (Å²) in [6.45, 7) is 1.16. The van der Waals surface area contributed by atoms with Crippen LogP contribution in [0, 0.1) is 17.2 Å². The molecular weight excluding hydrogens is 476 g/mol. The minimum absolute atomic E-state index is 0.0137. The predicted molar refractivity (Wildman–Crippen MR) is 145 cm³/mol. The number of anilines is 1. The topological polar surface area (TPSA) is 110 Å². The smallest absolute Gasteiger partial charge is 0.264 e. The van der Waals surface area contributed by atoms with E-state index in [0.717, 1.165) is 59.3 Å². The van der Waals surface area contributed by atoms with Gasteiger partial charge in [-0.15, -0.1) is 0 Å². The van der Waals surface area contributed by atoms with Gasteiger partial charge in [0.05, 0.1) is 11.4 Å². The Morgan fingerprint density at radius 2 is 1.82 bits per heavy atom. The molecule has 4 aromatic rings. The fourth-order valence-corrected chi connectivity index (χ4v) is 5.12. The number of amides is 1. The van der Waals surface area contributed by atoms with Gasteiger partial charge >= 0.3 is 0 Å². The average Bonchev–Trinajstić information content (AvgIpc) is 3.69. The van der Waals surface area contributed by atoms with Crippen molar-refractivity contribution in [3.63, 3.8) is 0 Å². The number of hydrogen-bond acceptors (Lipinski definition) is 6. The maximum Gasteiger partial charge on any atom is 0.264 e. The number of aromatic nitrogens is 3. The monoisotopic (exact) mass is 504 g/mol. The molecule has 190 valence electrons. The zero-order valence-electron chi connectivity index (χ0n) is 21.0. The van der Waals surface area contributed by atoms with Crippen molar-refractivity contribution in [1.82, 2.24) is 19.4 Å². The molecule has 2 aromatic carbocycles. The summed E-state index contributed by atoms with van der Waals surface area (Å²) in [5, 5.41) is 10.4. The van der Waals surface area contributed by atoms with Gasteiger partial charge in [0.2, 0.25) is 0 Å². The fourth-order valence-electron chi connectivity index (χ4n) is 5.12. The summed E-state index contributed by atoms with van der Waals surface area (Å²) in [6, 6.07) is 19.7. The van der Waals surface area contributed by atoms with Crippen LogP contribution in [0.3, 0.4) is 0 Å². The second-order valence-electron chi connectivity index (χ2n) is 9.92. The highest BCUT2D eigenvalue weighted by Gasteiger charge is 2.30. The maximum absolute atomic E-state index is 13.1. The third-order valence-corrected chi connectivity index (χ3v) is 7.24. The van der Waals surface area contributed by atoms with E-state index < -0.39 is 0 Å². The van der Waals surface area contributed by atoms with Gasteiger partial charge in [0.25, 0.3) is 5.91 Å². The molecule has 6 rings (SSSR count). The number of benzene rings is 2. The van der Waals surface area contributed by atoms with E-state index in [1.165, 1.54) is 6.33 Å². The Kier molecular flexibility index (Phi) is 6.26. The lowest BCUT2D eigenvalue weighted by atomic mass is 10.0. The molecule has 0 bridgehead atoms. The van der Waals surface area contributed by atoms with E-state index in [-0.39, 0.29) is 17.5 Å². The van der Waals surface area contributed by atoms with Gasteiger partial charge in [-0.2, -0.15) is 5.26 Å². The zero-order valence-corrected chi connectivity index (χ0v) is 21.0. The van der Waals surface area contributed by atoms with Crippen LogP contribution in [-0.4, -0.2) is 38.4 Å².